The molecular formula is C15H22ClIN2. The molecule has 1 aromatic rings. The number of anilines is 1. The lowest BCUT2D eigenvalue weighted by atomic mass is 9.99. The van der Waals surface area contributed by atoms with Crippen molar-refractivity contribution in [3.05, 3.63) is 26.8 Å². The highest BCUT2D eigenvalue weighted by atomic mass is 127. The van der Waals surface area contributed by atoms with Crippen molar-refractivity contribution in [2.24, 2.45) is 5.92 Å². The Morgan fingerprint density at radius 3 is 2.84 bits per heavy atom. The molecule has 0 bridgehead atoms. The van der Waals surface area contributed by atoms with Gasteiger partial charge in [0.25, 0.3) is 0 Å². The topological polar surface area (TPSA) is 15.3 Å². The molecule has 0 saturated carbocycles. The molecule has 106 valence electrons. The third-order valence-electron chi connectivity index (χ3n) is 3.63. The van der Waals surface area contributed by atoms with Crippen LogP contribution in [0.4, 0.5) is 5.69 Å². The lowest BCUT2D eigenvalue weighted by Gasteiger charge is -2.41. The van der Waals surface area contributed by atoms with E-state index in [0.717, 1.165) is 24.0 Å². The summed E-state index contributed by atoms with van der Waals surface area (Å²) in [4.78, 5) is 2.52. The van der Waals surface area contributed by atoms with Crippen molar-refractivity contribution in [3.8, 4) is 0 Å². The third kappa shape index (κ3) is 3.99. The summed E-state index contributed by atoms with van der Waals surface area (Å²) in [5.41, 5.74) is 1.31. The highest BCUT2D eigenvalue weighted by molar-refractivity contribution is 14.1. The Hall–Kier alpha value is -0.0000000000000000763. The third-order valence-corrected chi connectivity index (χ3v) is 4.73. The molecule has 2 nitrogen and oxygen atoms in total. The monoisotopic (exact) mass is 392 g/mol. The van der Waals surface area contributed by atoms with Crippen LogP contribution in [0.3, 0.4) is 0 Å². The van der Waals surface area contributed by atoms with Gasteiger partial charge in [-0.25, -0.2) is 0 Å². The average Bonchev–Trinajstić information content (AvgIpc) is 2.31. The van der Waals surface area contributed by atoms with Crippen LogP contribution < -0.4 is 10.2 Å². The van der Waals surface area contributed by atoms with Crippen LogP contribution in [-0.2, 0) is 0 Å². The summed E-state index contributed by atoms with van der Waals surface area (Å²) in [5.74, 6) is 0.733. The van der Waals surface area contributed by atoms with E-state index in [-0.39, 0.29) is 0 Å². The predicted molar refractivity (Wildman–Crippen MR) is 92.2 cm³/mol. The Kier molecular flexibility index (Phi) is 5.37. The highest BCUT2D eigenvalue weighted by Gasteiger charge is 2.26. The van der Waals surface area contributed by atoms with Crippen molar-refractivity contribution in [2.45, 2.75) is 39.3 Å². The van der Waals surface area contributed by atoms with Crippen molar-refractivity contribution >= 4 is 39.9 Å². The molecule has 19 heavy (non-hydrogen) atoms. The van der Waals surface area contributed by atoms with Gasteiger partial charge >= 0.3 is 0 Å². The van der Waals surface area contributed by atoms with Gasteiger partial charge in [0.1, 0.15) is 0 Å². The molecule has 0 radical (unpaired) electrons. The molecular weight excluding hydrogens is 371 g/mol. The number of nitrogens with zero attached hydrogens (tertiary/aromatic N) is 1. The second-order valence-electron chi connectivity index (χ2n) is 5.83. The standard InChI is InChI=1S/C15H22ClIN2/c1-10(2)6-13-9-19(11(3)8-18-13)15-5-4-12(16)7-14(15)17/h4-5,7,10-11,13,18H,6,8-9H2,1-3H3. The van der Waals surface area contributed by atoms with Gasteiger partial charge in [-0.05, 0) is 60.1 Å². The van der Waals surface area contributed by atoms with Crippen LogP contribution in [0.1, 0.15) is 27.2 Å². The normalized spacial score (nSPS) is 24.0. The smallest absolute Gasteiger partial charge is 0.0506 e. The average molecular weight is 393 g/mol. The summed E-state index contributed by atoms with van der Waals surface area (Å²) >= 11 is 8.44. The van der Waals surface area contributed by atoms with Crippen molar-refractivity contribution in [1.29, 1.82) is 0 Å². The van der Waals surface area contributed by atoms with E-state index >= 15 is 0 Å². The second kappa shape index (κ2) is 6.64. The molecule has 0 spiro atoms. The summed E-state index contributed by atoms with van der Waals surface area (Å²) in [7, 11) is 0. The van der Waals surface area contributed by atoms with Crippen molar-refractivity contribution in [1.82, 2.24) is 5.32 Å². The Labute approximate surface area is 135 Å². The van der Waals surface area contributed by atoms with Crippen molar-refractivity contribution < 1.29 is 0 Å². The number of piperazine rings is 1. The number of halogens is 2. The highest BCUT2D eigenvalue weighted by Crippen LogP contribution is 2.29. The molecule has 2 atom stereocenters. The van der Waals surface area contributed by atoms with Gasteiger partial charge in [0.15, 0.2) is 0 Å². The fourth-order valence-corrected chi connectivity index (χ4v) is 3.89. The second-order valence-corrected chi connectivity index (χ2v) is 7.43. The molecule has 2 unspecified atom stereocenters. The molecule has 1 heterocycles. The van der Waals surface area contributed by atoms with Crippen LogP contribution in [0.25, 0.3) is 0 Å². The minimum atomic E-state index is 0.526. The summed E-state index contributed by atoms with van der Waals surface area (Å²) in [5, 5.41) is 4.48. The molecule has 0 aliphatic carbocycles. The van der Waals surface area contributed by atoms with Gasteiger partial charge in [-0.3, -0.25) is 0 Å². The molecule has 0 amide bonds. The van der Waals surface area contributed by atoms with E-state index in [9.17, 15) is 0 Å². The summed E-state index contributed by atoms with van der Waals surface area (Å²) < 4.78 is 1.24. The van der Waals surface area contributed by atoms with E-state index in [1.165, 1.54) is 15.7 Å². The number of hydrogen-bond acceptors (Lipinski definition) is 2. The van der Waals surface area contributed by atoms with Gasteiger partial charge < -0.3 is 10.2 Å². The van der Waals surface area contributed by atoms with Gasteiger partial charge in [-0.2, -0.15) is 0 Å². The largest absolute Gasteiger partial charge is 0.365 e. The molecule has 1 fully saturated rings. The van der Waals surface area contributed by atoms with Crippen LogP contribution in [0.2, 0.25) is 5.02 Å². The van der Waals surface area contributed by atoms with Crippen LogP contribution >= 0.6 is 34.2 Å². The molecule has 1 N–H and O–H groups in total. The van der Waals surface area contributed by atoms with Crippen LogP contribution in [-0.4, -0.2) is 25.2 Å². The number of nitrogens with one attached hydrogen (secondary N) is 1. The SMILES string of the molecule is CC(C)CC1CN(c2ccc(Cl)cc2I)C(C)CN1. The molecule has 2 rings (SSSR count). The van der Waals surface area contributed by atoms with E-state index in [1.54, 1.807) is 0 Å². The first-order valence-corrected chi connectivity index (χ1v) is 8.38. The quantitative estimate of drug-likeness (QED) is 0.777. The molecule has 4 heteroatoms. The number of benzene rings is 1. The fourth-order valence-electron chi connectivity index (χ4n) is 2.71. The Morgan fingerprint density at radius 2 is 2.21 bits per heavy atom. The number of hydrogen-bond donors (Lipinski definition) is 1. The van der Waals surface area contributed by atoms with E-state index in [4.69, 9.17) is 11.6 Å². The summed E-state index contributed by atoms with van der Waals surface area (Å²) in [6.45, 7) is 8.99. The molecule has 1 aliphatic heterocycles. The Bertz CT molecular complexity index is 436. The van der Waals surface area contributed by atoms with Gasteiger partial charge in [-0.15, -0.1) is 0 Å². The van der Waals surface area contributed by atoms with Gasteiger partial charge in [0, 0.05) is 33.8 Å². The zero-order chi connectivity index (χ0) is 14.0. The maximum Gasteiger partial charge on any atom is 0.0506 e. The fraction of sp³-hybridized carbons (Fsp3) is 0.600. The van der Waals surface area contributed by atoms with Crippen LogP contribution in [0, 0.1) is 9.49 Å². The van der Waals surface area contributed by atoms with Gasteiger partial charge in [0.05, 0.1) is 5.69 Å². The van der Waals surface area contributed by atoms with Crippen molar-refractivity contribution in [3.63, 3.8) is 0 Å². The Morgan fingerprint density at radius 1 is 1.47 bits per heavy atom. The van der Waals surface area contributed by atoms with E-state index in [2.05, 4.69) is 59.6 Å². The molecule has 1 aliphatic rings. The maximum atomic E-state index is 6.05. The first kappa shape index (κ1) is 15.4. The first-order chi connectivity index (χ1) is 8.97. The lowest BCUT2D eigenvalue weighted by molar-refractivity contribution is 0.355. The zero-order valence-corrected chi connectivity index (χ0v) is 14.7. The summed E-state index contributed by atoms with van der Waals surface area (Å²) in [6.07, 6.45) is 1.23. The first-order valence-electron chi connectivity index (χ1n) is 6.92. The van der Waals surface area contributed by atoms with Crippen LogP contribution in [0.15, 0.2) is 18.2 Å². The van der Waals surface area contributed by atoms with E-state index in [0.29, 0.717) is 12.1 Å². The van der Waals surface area contributed by atoms with Gasteiger partial charge in [-0.1, -0.05) is 25.4 Å². The summed E-state index contributed by atoms with van der Waals surface area (Å²) in [6, 6.07) is 7.30. The molecule has 0 aromatic heterocycles. The molecule has 1 aromatic carbocycles. The lowest BCUT2D eigenvalue weighted by Crippen LogP contribution is -2.56. The Balaban J connectivity index is 2.16. The minimum Gasteiger partial charge on any atom is -0.365 e. The number of rotatable bonds is 3. The minimum absolute atomic E-state index is 0.526. The van der Waals surface area contributed by atoms with Gasteiger partial charge in [0.2, 0.25) is 0 Å². The van der Waals surface area contributed by atoms with Crippen molar-refractivity contribution in [2.75, 3.05) is 18.0 Å². The van der Waals surface area contributed by atoms with E-state index in [1.807, 2.05) is 12.1 Å². The predicted octanol–water partition coefficient (Wildman–Crippen LogP) is 4.16. The molecule has 1 saturated heterocycles. The zero-order valence-electron chi connectivity index (χ0n) is 11.8. The van der Waals surface area contributed by atoms with E-state index < -0.39 is 0 Å². The van der Waals surface area contributed by atoms with Crippen LogP contribution in [0.5, 0.6) is 0 Å². The maximum absolute atomic E-state index is 6.05.